The molecule has 2 aromatic carbocycles. The van der Waals surface area contributed by atoms with Gasteiger partial charge < -0.3 is 17.2 Å². The van der Waals surface area contributed by atoms with Gasteiger partial charge in [0.25, 0.3) is 17.1 Å². The number of hydrogen-bond donors (Lipinski definition) is 3. The average Bonchev–Trinajstić information content (AvgIpc) is 3.05. The summed E-state index contributed by atoms with van der Waals surface area (Å²) >= 11 is 6.21. The summed E-state index contributed by atoms with van der Waals surface area (Å²) in [5.41, 5.74) is 28.6. The van der Waals surface area contributed by atoms with Crippen LogP contribution in [0.5, 0.6) is 0 Å². The number of nitrogens with two attached hydrogens (primary N) is 3. The van der Waals surface area contributed by atoms with Crippen LogP contribution >= 0.6 is 31.9 Å². The number of halogens is 2. The molecule has 1 aliphatic rings. The molecule has 0 radical (unpaired) electrons. The standard InChI is InChI=1S/C16H22N2O2Si2.C10H8N2O2.C6H4Br2N2O2.C5H10Si/c1-21(2,3)9-7-13-11-15(18(19)20)12-14(16(13)17)8-10-22(4,5)6;1-3-7-5-9(12(13)14)6-8(4-2)10(7)11;7-4-1-3(10(11)12)2-5(8)6(4)9;1-5-6(2,3)4/h11-12H,17H2,1-6H3;1-2,5-7,10H,11H2;1-2H,9H2;1H,2-4H3. The first-order valence-corrected chi connectivity index (χ1v) is 27.9. The van der Waals surface area contributed by atoms with E-state index in [4.69, 9.17) is 36.5 Å². The van der Waals surface area contributed by atoms with Crippen molar-refractivity contribution >= 4 is 78.8 Å². The summed E-state index contributed by atoms with van der Waals surface area (Å²) in [4.78, 5) is 30.5. The minimum atomic E-state index is -1.59. The topological polar surface area (TPSA) is 207 Å². The number of nitro groups is 3. The van der Waals surface area contributed by atoms with E-state index in [2.05, 4.69) is 131 Å². The van der Waals surface area contributed by atoms with Crippen molar-refractivity contribution in [3.63, 3.8) is 0 Å². The molecule has 12 nitrogen and oxygen atoms in total. The average molecular weight is 913 g/mol. The lowest BCUT2D eigenvalue weighted by Crippen LogP contribution is -2.32. The second kappa shape index (κ2) is 21.1. The zero-order valence-corrected chi connectivity index (χ0v) is 37.8. The summed E-state index contributed by atoms with van der Waals surface area (Å²) in [7, 11) is -4.28. The van der Waals surface area contributed by atoms with E-state index >= 15 is 0 Å². The lowest BCUT2D eigenvalue weighted by molar-refractivity contribution is -0.419. The van der Waals surface area contributed by atoms with Crippen molar-refractivity contribution < 1.29 is 14.8 Å². The van der Waals surface area contributed by atoms with Crippen LogP contribution < -0.4 is 17.2 Å². The fraction of sp³-hybridized carbons (Fsp3) is 0.297. The molecule has 2 atom stereocenters. The number of hydrogen-bond acceptors (Lipinski definition) is 9. The summed E-state index contributed by atoms with van der Waals surface area (Å²) in [6, 6.07) is 5.07. The van der Waals surface area contributed by atoms with Crippen molar-refractivity contribution in [2.45, 2.75) is 65.0 Å². The molecule has 0 heterocycles. The Hall–Kier alpha value is -4.91. The van der Waals surface area contributed by atoms with Gasteiger partial charge >= 0.3 is 0 Å². The van der Waals surface area contributed by atoms with Crippen molar-refractivity contribution in [2.75, 3.05) is 11.5 Å². The Balaban J connectivity index is 0.000000757. The highest BCUT2D eigenvalue weighted by atomic mass is 79.9. The van der Waals surface area contributed by atoms with E-state index in [-0.39, 0.29) is 17.1 Å². The molecule has 1 aliphatic carbocycles. The molecule has 3 rings (SSSR count). The Bertz CT molecular complexity index is 2010. The SMILES string of the molecule is C#CC1=CC([N+](=O)[O-])=CC(C#C)C1N.C#C[Si](C)(C)C.C[Si](C)(C)C#Cc1cc([N+](=O)[O-])cc(C#C[Si](C)(C)C)c1N.Nc1c(Br)cc([N+](=O)[O-])cc1Br. The maximum absolute atomic E-state index is 11.1. The third-order valence-corrected chi connectivity index (χ3v) is 10.1. The molecule has 0 saturated carbocycles. The zero-order valence-electron chi connectivity index (χ0n) is 31.6. The maximum atomic E-state index is 11.1. The Morgan fingerprint density at radius 2 is 1.07 bits per heavy atom. The number of benzene rings is 2. The Morgan fingerprint density at radius 1 is 0.685 bits per heavy atom. The van der Waals surface area contributed by atoms with Crippen molar-refractivity contribution in [3.8, 4) is 59.6 Å². The Morgan fingerprint density at radius 3 is 1.37 bits per heavy atom. The predicted octanol–water partition coefficient (Wildman–Crippen LogP) is 8.13. The molecule has 2 aromatic rings. The summed E-state index contributed by atoms with van der Waals surface area (Å²) in [6.07, 6.45) is 18.1. The van der Waals surface area contributed by atoms with Crippen LogP contribution in [-0.2, 0) is 0 Å². The highest BCUT2D eigenvalue weighted by molar-refractivity contribution is 9.11. The third kappa shape index (κ3) is 18.2. The highest BCUT2D eigenvalue weighted by Gasteiger charge is 2.26. The van der Waals surface area contributed by atoms with E-state index in [9.17, 15) is 30.3 Å². The van der Waals surface area contributed by atoms with Crippen LogP contribution in [0.1, 0.15) is 11.1 Å². The summed E-state index contributed by atoms with van der Waals surface area (Å²) in [6.45, 7) is 19.1. The van der Waals surface area contributed by atoms with Crippen LogP contribution in [-0.4, -0.2) is 45.0 Å². The second-order valence-electron chi connectivity index (χ2n) is 14.5. The van der Waals surface area contributed by atoms with Crippen molar-refractivity contribution in [2.24, 2.45) is 11.7 Å². The molecular weight excluding hydrogens is 869 g/mol. The van der Waals surface area contributed by atoms with Gasteiger partial charge in [-0.3, -0.25) is 30.3 Å². The molecule has 0 aliphatic heterocycles. The Kier molecular flexibility index (Phi) is 19.2. The van der Waals surface area contributed by atoms with E-state index in [1.54, 1.807) is 0 Å². The summed E-state index contributed by atoms with van der Waals surface area (Å²) < 4.78 is 1.03. The molecule has 0 amide bonds. The number of nitrogens with zero attached hydrogens (tertiary/aromatic N) is 3. The van der Waals surface area contributed by atoms with Gasteiger partial charge in [-0.05, 0) is 31.9 Å². The molecule has 0 fully saturated rings. The van der Waals surface area contributed by atoms with E-state index in [0.29, 0.717) is 37.0 Å². The molecule has 54 heavy (non-hydrogen) atoms. The van der Waals surface area contributed by atoms with Crippen molar-refractivity contribution in [1.82, 2.24) is 0 Å². The van der Waals surface area contributed by atoms with Crippen molar-refractivity contribution in [1.29, 1.82) is 0 Å². The lowest BCUT2D eigenvalue weighted by atomic mass is 9.89. The van der Waals surface area contributed by atoms with Gasteiger partial charge in [0, 0.05) is 50.9 Å². The van der Waals surface area contributed by atoms with E-state index in [1.165, 1.54) is 36.4 Å². The van der Waals surface area contributed by atoms with Crippen LogP contribution in [0.25, 0.3) is 0 Å². The molecule has 284 valence electrons. The number of nitro benzene ring substituents is 2. The fourth-order valence-corrected chi connectivity index (χ4v) is 5.51. The minimum absolute atomic E-state index is 0.00273. The number of anilines is 2. The largest absolute Gasteiger partial charge is 0.397 e. The van der Waals surface area contributed by atoms with Crippen molar-refractivity contribution in [3.05, 3.63) is 98.1 Å². The first-order chi connectivity index (χ1) is 24.6. The molecule has 6 N–H and O–H groups in total. The zero-order chi connectivity index (χ0) is 42.4. The van der Waals surface area contributed by atoms with Crippen LogP contribution in [0.4, 0.5) is 22.7 Å². The number of non-ortho nitro benzene ring substituents is 2. The number of allylic oxidation sites excluding steroid dienone is 1. The van der Waals surface area contributed by atoms with E-state index in [1.807, 2.05) is 0 Å². The van der Waals surface area contributed by atoms with Gasteiger partial charge in [0.15, 0.2) is 0 Å². The van der Waals surface area contributed by atoms with Gasteiger partial charge in [-0.1, -0.05) is 82.6 Å². The van der Waals surface area contributed by atoms with Gasteiger partial charge in [-0.15, -0.1) is 35.9 Å². The van der Waals surface area contributed by atoms with Gasteiger partial charge in [-0.2, -0.15) is 0 Å². The molecule has 0 aromatic heterocycles. The maximum Gasteiger partial charge on any atom is 0.272 e. The van der Waals surface area contributed by atoms with Gasteiger partial charge in [0.05, 0.1) is 49.2 Å². The molecule has 0 saturated heterocycles. The third-order valence-electron chi connectivity index (χ3n) is 6.20. The Labute approximate surface area is 337 Å². The van der Waals surface area contributed by atoms with Crippen LogP contribution in [0.3, 0.4) is 0 Å². The molecule has 17 heteroatoms. The summed E-state index contributed by atoms with van der Waals surface area (Å²) in [5.74, 6) is 10.2. The highest BCUT2D eigenvalue weighted by Crippen LogP contribution is 2.32. The number of nitrogen functional groups attached to an aromatic ring is 2. The van der Waals surface area contributed by atoms with Gasteiger partial charge in [0.2, 0.25) is 0 Å². The summed E-state index contributed by atoms with van der Waals surface area (Å²) in [5, 5.41) is 31.9. The molecule has 0 spiro atoms. The van der Waals surface area contributed by atoms with Crippen LogP contribution in [0, 0.1) is 95.8 Å². The normalized spacial score (nSPS) is 14.4. The number of terminal acetylenes is 3. The first-order valence-electron chi connectivity index (χ1n) is 15.8. The van der Waals surface area contributed by atoms with Crippen LogP contribution in [0.15, 0.2) is 56.6 Å². The quantitative estimate of drug-likeness (QED) is 0.0892. The molecular formula is C37H44Br2N6O6Si3. The smallest absolute Gasteiger partial charge is 0.272 e. The fourth-order valence-electron chi connectivity index (χ4n) is 3.32. The monoisotopic (exact) mass is 910 g/mol. The molecule has 2 unspecified atom stereocenters. The van der Waals surface area contributed by atoms with Crippen LogP contribution in [0.2, 0.25) is 58.9 Å². The second-order valence-corrected chi connectivity index (χ2v) is 30.5. The van der Waals surface area contributed by atoms with E-state index < -0.39 is 51.0 Å². The number of rotatable bonds is 3. The lowest BCUT2D eigenvalue weighted by Gasteiger charge is -2.18. The minimum Gasteiger partial charge on any atom is -0.397 e. The first kappa shape index (κ1) is 49.1. The van der Waals surface area contributed by atoms with Gasteiger partial charge in [-0.25, -0.2) is 0 Å². The predicted molar refractivity (Wildman–Crippen MR) is 235 cm³/mol. The van der Waals surface area contributed by atoms with E-state index in [0.717, 1.165) is 0 Å². The molecule has 0 bridgehead atoms. The van der Waals surface area contributed by atoms with Gasteiger partial charge in [0.1, 0.15) is 24.2 Å².